The number of carbonyl (C=O) groups excluding carboxylic acids is 1. The lowest BCUT2D eigenvalue weighted by Crippen LogP contribution is -2.50. The Morgan fingerprint density at radius 1 is 1.08 bits per heavy atom. The van der Waals surface area contributed by atoms with Gasteiger partial charge in [0.15, 0.2) is 0 Å². The molecule has 1 aliphatic heterocycles. The van der Waals surface area contributed by atoms with E-state index in [1.807, 2.05) is 17.0 Å². The van der Waals surface area contributed by atoms with Crippen LogP contribution in [0.5, 0.6) is 0 Å². The van der Waals surface area contributed by atoms with E-state index < -0.39 is 0 Å². The number of carbonyl (C=O) groups is 1. The van der Waals surface area contributed by atoms with E-state index in [0.717, 1.165) is 44.8 Å². The molecule has 1 N–H and O–H groups in total. The maximum absolute atomic E-state index is 12.4. The van der Waals surface area contributed by atoms with Crippen LogP contribution < -0.4 is 5.32 Å². The van der Waals surface area contributed by atoms with Crippen molar-refractivity contribution in [3.8, 4) is 0 Å². The summed E-state index contributed by atoms with van der Waals surface area (Å²) in [6.45, 7) is 6.87. The smallest absolute Gasteiger partial charge is 0.321 e. The molecule has 1 heterocycles. The number of nitrogens with one attached hydrogen (secondary N) is 1. The normalized spacial score (nSPS) is 18.8. The highest BCUT2D eigenvalue weighted by Gasteiger charge is 2.21. The zero-order valence-corrected chi connectivity index (χ0v) is 15.5. The van der Waals surface area contributed by atoms with Crippen molar-refractivity contribution in [2.24, 2.45) is 0 Å². The van der Waals surface area contributed by atoms with E-state index in [0.29, 0.717) is 0 Å². The van der Waals surface area contributed by atoms with E-state index in [2.05, 4.69) is 35.3 Å². The SMILES string of the molecule is CCc1ccc(NC(=O)N2CCN(CCC3=CCCCC3)CC2)cc1. The van der Waals surface area contributed by atoms with Crippen molar-refractivity contribution >= 4 is 11.7 Å². The van der Waals surface area contributed by atoms with Crippen LogP contribution in [0.4, 0.5) is 10.5 Å². The summed E-state index contributed by atoms with van der Waals surface area (Å²) in [4.78, 5) is 16.9. The van der Waals surface area contributed by atoms with Crippen molar-refractivity contribution < 1.29 is 4.79 Å². The number of hydrogen-bond acceptors (Lipinski definition) is 2. The molecular formula is C21H31N3O. The van der Waals surface area contributed by atoms with Gasteiger partial charge in [0.05, 0.1) is 0 Å². The van der Waals surface area contributed by atoms with Gasteiger partial charge >= 0.3 is 6.03 Å². The van der Waals surface area contributed by atoms with Crippen molar-refractivity contribution in [2.45, 2.75) is 45.4 Å². The summed E-state index contributed by atoms with van der Waals surface area (Å²) in [5.41, 5.74) is 3.82. The maximum Gasteiger partial charge on any atom is 0.321 e. The molecule has 0 saturated carbocycles. The lowest BCUT2D eigenvalue weighted by atomic mass is 9.97. The summed E-state index contributed by atoms with van der Waals surface area (Å²) < 4.78 is 0. The Hall–Kier alpha value is -1.81. The summed E-state index contributed by atoms with van der Waals surface area (Å²) in [7, 11) is 0. The molecule has 1 aliphatic carbocycles. The number of rotatable bonds is 5. The summed E-state index contributed by atoms with van der Waals surface area (Å²) in [6.07, 6.45) is 9.94. The second-order valence-corrected chi connectivity index (χ2v) is 7.17. The molecule has 136 valence electrons. The van der Waals surface area contributed by atoms with Gasteiger partial charge in [-0.05, 0) is 56.2 Å². The van der Waals surface area contributed by atoms with Crippen molar-refractivity contribution in [3.63, 3.8) is 0 Å². The molecule has 0 aromatic heterocycles. The summed E-state index contributed by atoms with van der Waals surface area (Å²) >= 11 is 0. The highest BCUT2D eigenvalue weighted by molar-refractivity contribution is 5.89. The Morgan fingerprint density at radius 3 is 2.48 bits per heavy atom. The molecule has 4 heteroatoms. The molecule has 25 heavy (non-hydrogen) atoms. The molecule has 0 spiro atoms. The highest BCUT2D eigenvalue weighted by Crippen LogP contribution is 2.20. The van der Waals surface area contributed by atoms with E-state index in [1.165, 1.54) is 37.7 Å². The first-order chi connectivity index (χ1) is 12.2. The number of anilines is 1. The van der Waals surface area contributed by atoms with Crippen LogP contribution >= 0.6 is 0 Å². The van der Waals surface area contributed by atoms with Gasteiger partial charge in [-0.2, -0.15) is 0 Å². The second-order valence-electron chi connectivity index (χ2n) is 7.17. The number of nitrogens with zero attached hydrogens (tertiary/aromatic N) is 2. The first-order valence-electron chi connectivity index (χ1n) is 9.79. The number of benzene rings is 1. The minimum atomic E-state index is 0.0267. The minimum absolute atomic E-state index is 0.0267. The van der Waals surface area contributed by atoms with E-state index in [1.54, 1.807) is 5.57 Å². The zero-order chi connectivity index (χ0) is 17.5. The van der Waals surface area contributed by atoms with E-state index >= 15 is 0 Å². The van der Waals surface area contributed by atoms with Crippen LogP contribution in [0.2, 0.25) is 0 Å². The van der Waals surface area contributed by atoms with Gasteiger partial charge in [0.1, 0.15) is 0 Å². The number of amides is 2. The molecule has 1 saturated heterocycles. The fourth-order valence-corrected chi connectivity index (χ4v) is 3.63. The molecule has 1 fully saturated rings. The molecular weight excluding hydrogens is 310 g/mol. The molecule has 0 atom stereocenters. The van der Waals surface area contributed by atoms with Crippen LogP contribution in [0.1, 0.15) is 44.6 Å². The van der Waals surface area contributed by atoms with Crippen LogP contribution in [0.25, 0.3) is 0 Å². The Bertz CT molecular complexity index is 586. The minimum Gasteiger partial charge on any atom is -0.322 e. The third-order valence-electron chi connectivity index (χ3n) is 5.41. The number of allylic oxidation sites excluding steroid dienone is 1. The van der Waals surface area contributed by atoms with Gasteiger partial charge in [-0.15, -0.1) is 0 Å². The molecule has 1 aromatic rings. The standard InChI is InChI=1S/C21H31N3O/c1-2-18-8-10-20(11-9-18)22-21(25)24-16-14-23(15-17-24)13-12-19-6-4-3-5-7-19/h6,8-11H,2-5,7,12-17H2,1H3,(H,22,25). The third kappa shape index (κ3) is 5.33. The van der Waals surface area contributed by atoms with Crippen molar-refractivity contribution in [1.82, 2.24) is 9.80 Å². The number of aryl methyl sites for hydroxylation is 1. The Kier molecular flexibility index (Phi) is 6.51. The lowest BCUT2D eigenvalue weighted by Gasteiger charge is -2.35. The van der Waals surface area contributed by atoms with Crippen LogP contribution in [0.15, 0.2) is 35.9 Å². The average molecular weight is 341 g/mol. The fraction of sp³-hybridized carbons (Fsp3) is 0.571. The molecule has 3 rings (SSSR count). The maximum atomic E-state index is 12.4. The zero-order valence-electron chi connectivity index (χ0n) is 15.5. The van der Waals surface area contributed by atoms with Gasteiger partial charge in [0.25, 0.3) is 0 Å². The highest BCUT2D eigenvalue weighted by atomic mass is 16.2. The Labute approximate surface area is 151 Å². The average Bonchev–Trinajstić information content (AvgIpc) is 2.68. The summed E-state index contributed by atoms with van der Waals surface area (Å²) in [6, 6.07) is 8.16. The number of hydrogen-bond donors (Lipinski definition) is 1. The molecule has 0 unspecified atom stereocenters. The van der Waals surface area contributed by atoms with Gasteiger partial charge < -0.3 is 10.2 Å². The van der Waals surface area contributed by atoms with Gasteiger partial charge in [0, 0.05) is 38.4 Å². The van der Waals surface area contributed by atoms with Gasteiger partial charge in [-0.3, -0.25) is 4.90 Å². The second kappa shape index (κ2) is 9.04. The van der Waals surface area contributed by atoms with E-state index in [9.17, 15) is 4.79 Å². The predicted octanol–water partition coefficient (Wildman–Crippen LogP) is 4.29. The quantitative estimate of drug-likeness (QED) is 0.811. The summed E-state index contributed by atoms with van der Waals surface area (Å²) in [5, 5.41) is 3.02. The third-order valence-corrected chi connectivity index (χ3v) is 5.41. The fourth-order valence-electron chi connectivity index (χ4n) is 3.63. The van der Waals surface area contributed by atoms with Crippen LogP contribution in [-0.2, 0) is 6.42 Å². The predicted molar refractivity (Wildman–Crippen MR) is 104 cm³/mol. The topological polar surface area (TPSA) is 35.6 Å². The van der Waals surface area contributed by atoms with Crippen LogP contribution in [0, 0.1) is 0 Å². The first kappa shape index (κ1) is 18.0. The molecule has 1 aromatic carbocycles. The molecule has 2 aliphatic rings. The lowest BCUT2D eigenvalue weighted by molar-refractivity contribution is 0.148. The van der Waals surface area contributed by atoms with Gasteiger partial charge in [0.2, 0.25) is 0 Å². The molecule has 4 nitrogen and oxygen atoms in total. The molecule has 0 radical (unpaired) electrons. The summed E-state index contributed by atoms with van der Waals surface area (Å²) in [5.74, 6) is 0. The number of piperazine rings is 1. The van der Waals surface area contributed by atoms with E-state index in [4.69, 9.17) is 0 Å². The van der Waals surface area contributed by atoms with Crippen molar-refractivity contribution in [2.75, 3.05) is 38.0 Å². The number of urea groups is 1. The monoisotopic (exact) mass is 341 g/mol. The van der Waals surface area contributed by atoms with Crippen LogP contribution in [0.3, 0.4) is 0 Å². The largest absolute Gasteiger partial charge is 0.322 e. The van der Waals surface area contributed by atoms with Crippen molar-refractivity contribution in [3.05, 3.63) is 41.5 Å². The Morgan fingerprint density at radius 2 is 1.84 bits per heavy atom. The molecule has 0 bridgehead atoms. The van der Waals surface area contributed by atoms with Crippen LogP contribution in [-0.4, -0.2) is 48.6 Å². The van der Waals surface area contributed by atoms with Gasteiger partial charge in [-0.1, -0.05) is 30.7 Å². The Balaban J connectivity index is 1.40. The van der Waals surface area contributed by atoms with Gasteiger partial charge in [-0.25, -0.2) is 4.79 Å². The first-order valence-corrected chi connectivity index (χ1v) is 9.79. The van der Waals surface area contributed by atoms with Crippen molar-refractivity contribution in [1.29, 1.82) is 0 Å². The molecule has 2 amide bonds. The van der Waals surface area contributed by atoms with E-state index in [-0.39, 0.29) is 6.03 Å².